The fourth-order valence-corrected chi connectivity index (χ4v) is 2.47. The van der Waals surface area contributed by atoms with Gasteiger partial charge in [-0.2, -0.15) is 0 Å². The van der Waals surface area contributed by atoms with Crippen molar-refractivity contribution >= 4 is 58.2 Å². The molecule has 17 heavy (non-hydrogen) atoms. The number of nitrogens with one attached hydrogen (secondary N) is 1. The Morgan fingerprint density at radius 1 is 1.41 bits per heavy atom. The van der Waals surface area contributed by atoms with Crippen molar-refractivity contribution in [3.8, 4) is 5.75 Å². The number of hydrogen-bond donors (Lipinski definition) is 2. The summed E-state index contributed by atoms with van der Waals surface area (Å²) < 4.78 is 0.430. The quantitative estimate of drug-likeness (QED) is 0.606. The monoisotopic (exact) mass is 309 g/mol. The SMILES string of the molecule is [B]c1cc(/C=C2\SC(=O)NC2=O)cc(Br)c1O. The van der Waals surface area contributed by atoms with Crippen LogP contribution in [0.25, 0.3) is 6.08 Å². The largest absolute Gasteiger partial charge is 0.507 e. The molecule has 2 radical (unpaired) electrons. The van der Waals surface area contributed by atoms with E-state index in [1.54, 1.807) is 6.07 Å². The topological polar surface area (TPSA) is 66.4 Å². The molecule has 2 N–H and O–H groups in total. The number of carbonyl (C=O) groups excluding carboxylic acids is 2. The number of phenols is 1. The number of halogens is 1. The van der Waals surface area contributed by atoms with Crippen molar-refractivity contribution in [2.75, 3.05) is 0 Å². The van der Waals surface area contributed by atoms with Crippen molar-refractivity contribution in [3.05, 3.63) is 27.1 Å². The number of hydrogen-bond acceptors (Lipinski definition) is 4. The Labute approximate surface area is 111 Å². The fraction of sp³-hybridized carbons (Fsp3) is 0. The van der Waals surface area contributed by atoms with Gasteiger partial charge in [-0.25, -0.2) is 0 Å². The smallest absolute Gasteiger partial charge is 0.290 e. The van der Waals surface area contributed by atoms with Gasteiger partial charge in [-0.15, -0.1) is 0 Å². The minimum atomic E-state index is -0.428. The van der Waals surface area contributed by atoms with E-state index in [1.807, 2.05) is 0 Å². The van der Waals surface area contributed by atoms with Gasteiger partial charge >= 0.3 is 0 Å². The third-order valence-electron chi connectivity index (χ3n) is 2.06. The van der Waals surface area contributed by atoms with Gasteiger partial charge in [-0.1, -0.05) is 11.5 Å². The van der Waals surface area contributed by atoms with E-state index in [-0.39, 0.29) is 11.2 Å². The summed E-state index contributed by atoms with van der Waals surface area (Å²) in [5, 5.41) is 11.2. The highest BCUT2D eigenvalue weighted by Gasteiger charge is 2.24. The van der Waals surface area contributed by atoms with Crippen LogP contribution in [0.15, 0.2) is 21.5 Å². The summed E-state index contributed by atoms with van der Waals surface area (Å²) in [6.07, 6.45) is 1.53. The number of imide groups is 1. The van der Waals surface area contributed by atoms with Gasteiger partial charge in [0.2, 0.25) is 0 Å². The highest BCUT2D eigenvalue weighted by Crippen LogP contribution is 2.28. The number of amides is 2. The molecule has 0 bridgehead atoms. The average Bonchev–Trinajstić information content (AvgIpc) is 2.54. The molecular formula is C10H5BBrNO3S. The summed E-state index contributed by atoms with van der Waals surface area (Å²) in [7, 11) is 5.57. The summed E-state index contributed by atoms with van der Waals surface area (Å²) >= 11 is 3.97. The van der Waals surface area contributed by atoms with Crippen LogP contribution in [0.5, 0.6) is 5.75 Å². The molecule has 1 fully saturated rings. The number of benzene rings is 1. The molecule has 1 saturated heterocycles. The average molecular weight is 310 g/mol. The predicted octanol–water partition coefficient (Wildman–Crippen LogP) is 1.27. The van der Waals surface area contributed by atoms with Crippen LogP contribution in [0.1, 0.15) is 5.56 Å². The van der Waals surface area contributed by atoms with Crippen LogP contribution in [0.3, 0.4) is 0 Å². The molecule has 1 aromatic rings. The Morgan fingerprint density at radius 3 is 2.65 bits per heavy atom. The standard InChI is InChI=1S/C10H5BBrNO3S/c11-5-1-4(2-6(12)8(5)14)3-7-9(15)13-10(16)17-7/h1-3,14H,(H,13,15,16)/b7-3-. The van der Waals surface area contributed by atoms with Crippen molar-refractivity contribution < 1.29 is 14.7 Å². The number of carbonyl (C=O) groups is 2. The summed E-state index contributed by atoms with van der Waals surface area (Å²) in [6.45, 7) is 0. The maximum absolute atomic E-state index is 11.3. The number of thioether (sulfide) groups is 1. The zero-order valence-corrected chi connectivity index (χ0v) is 10.8. The number of rotatable bonds is 1. The third kappa shape index (κ3) is 2.55. The van der Waals surface area contributed by atoms with Gasteiger partial charge in [0.25, 0.3) is 11.1 Å². The number of aromatic hydroxyl groups is 1. The van der Waals surface area contributed by atoms with Crippen molar-refractivity contribution in [1.82, 2.24) is 5.32 Å². The lowest BCUT2D eigenvalue weighted by atomic mass is 9.93. The third-order valence-corrected chi connectivity index (χ3v) is 3.47. The summed E-state index contributed by atoms with van der Waals surface area (Å²) in [4.78, 5) is 22.6. The normalized spacial score (nSPS) is 17.6. The molecule has 2 rings (SSSR count). The lowest BCUT2D eigenvalue weighted by molar-refractivity contribution is -0.115. The van der Waals surface area contributed by atoms with Crippen LogP contribution in [0.2, 0.25) is 0 Å². The molecule has 0 unspecified atom stereocenters. The molecular weight excluding hydrogens is 305 g/mol. The molecule has 2 amide bonds. The van der Waals surface area contributed by atoms with Gasteiger partial charge < -0.3 is 5.11 Å². The van der Waals surface area contributed by atoms with Gasteiger partial charge in [0.1, 0.15) is 13.6 Å². The molecule has 1 heterocycles. The van der Waals surface area contributed by atoms with Crippen LogP contribution in [-0.2, 0) is 4.79 Å². The van der Waals surface area contributed by atoms with Crippen molar-refractivity contribution in [2.24, 2.45) is 0 Å². The number of phenolic OH excluding ortho intramolecular Hbond substituents is 1. The molecule has 0 spiro atoms. The Morgan fingerprint density at radius 2 is 2.12 bits per heavy atom. The molecule has 84 valence electrons. The van der Waals surface area contributed by atoms with E-state index in [4.69, 9.17) is 7.85 Å². The first-order valence-corrected chi connectivity index (χ1v) is 6.11. The Kier molecular flexibility index (Phi) is 3.30. The van der Waals surface area contributed by atoms with E-state index < -0.39 is 11.1 Å². The Hall–Kier alpha value is -1.21. The molecule has 1 aromatic carbocycles. The van der Waals surface area contributed by atoms with Gasteiger partial charge in [-0.05, 0) is 45.4 Å². The van der Waals surface area contributed by atoms with Gasteiger partial charge in [-0.3, -0.25) is 14.9 Å². The molecule has 0 aromatic heterocycles. The summed E-state index contributed by atoms with van der Waals surface area (Å²) in [5.41, 5.74) is 0.820. The fourth-order valence-electron chi connectivity index (χ4n) is 1.30. The Bertz CT molecular complexity index is 535. The molecule has 0 atom stereocenters. The first kappa shape index (κ1) is 12.3. The van der Waals surface area contributed by atoms with Crippen LogP contribution in [-0.4, -0.2) is 24.1 Å². The zero-order valence-electron chi connectivity index (χ0n) is 8.36. The van der Waals surface area contributed by atoms with E-state index >= 15 is 0 Å². The summed E-state index contributed by atoms with van der Waals surface area (Å²) in [5.74, 6) is -0.477. The van der Waals surface area contributed by atoms with E-state index in [1.165, 1.54) is 12.1 Å². The lowest BCUT2D eigenvalue weighted by Gasteiger charge is -2.04. The minimum Gasteiger partial charge on any atom is -0.507 e. The van der Waals surface area contributed by atoms with Crippen LogP contribution >= 0.6 is 27.7 Å². The van der Waals surface area contributed by atoms with Crippen molar-refractivity contribution in [1.29, 1.82) is 0 Å². The predicted molar refractivity (Wildman–Crippen MR) is 70.3 cm³/mol. The zero-order chi connectivity index (χ0) is 12.6. The van der Waals surface area contributed by atoms with Crippen molar-refractivity contribution in [2.45, 2.75) is 0 Å². The molecule has 1 aliphatic rings. The lowest BCUT2D eigenvalue weighted by Crippen LogP contribution is -2.17. The molecule has 1 aliphatic heterocycles. The van der Waals surface area contributed by atoms with E-state index in [9.17, 15) is 14.7 Å². The molecule has 0 saturated carbocycles. The first-order chi connectivity index (χ1) is 7.97. The van der Waals surface area contributed by atoms with E-state index in [0.717, 1.165) is 11.8 Å². The molecule has 0 aliphatic carbocycles. The second-order valence-corrected chi connectivity index (χ2v) is 5.16. The van der Waals surface area contributed by atoms with Gasteiger partial charge in [0, 0.05) is 0 Å². The molecule has 4 nitrogen and oxygen atoms in total. The van der Waals surface area contributed by atoms with Crippen LogP contribution < -0.4 is 10.8 Å². The maximum Gasteiger partial charge on any atom is 0.290 e. The second kappa shape index (κ2) is 4.58. The summed E-state index contributed by atoms with van der Waals surface area (Å²) in [6, 6.07) is 3.12. The second-order valence-electron chi connectivity index (χ2n) is 3.29. The first-order valence-electron chi connectivity index (χ1n) is 4.50. The Balaban J connectivity index is 2.40. The van der Waals surface area contributed by atoms with E-state index in [0.29, 0.717) is 14.9 Å². The van der Waals surface area contributed by atoms with Crippen LogP contribution in [0.4, 0.5) is 4.79 Å². The highest BCUT2D eigenvalue weighted by atomic mass is 79.9. The van der Waals surface area contributed by atoms with Crippen LogP contribution in [0, 0.1) is 0 Å². The highest BCUT2D eigenvalue weighted by molar-refractivity contribution is 9.10. The van der Waals surface area contributed by atoms with Gasteiger partial charge in [0.15, 0.2) is 0 Å². The molecule has 7 heteroatoms. The maximum atomic E-state index is 11.3. The van der Waals surface area contributed by atoms with Crippen molar-refractivity contribution in [3.63, 3.8) is 0 Å². The van der Waals surface area contributed by atoms with E-state index in [2.05, 4.69) is 21.2 Å². The minimum absolute atomic E-state index is 0.0493. The van der Waals surface area contributed by atoms with Gasteiger partial charge in [0.05, 0.1) is 9.38 Å².